The van der Waals surface area contributed by atoms with Gasteiger partial charge in [-0.25, -0.2) is 8.78 Å². The second-order valence-corrected chi connectivity index (χ2v) is 4.46. The molecule has 1 aromatic rings. The summed E-state index contributed by atoms with van der Waals surface area (Å²) in [5, 5.41) is 0. The maximum absolute atomic E-state index is 13.1. The molecule has 82 valence electrons. The van der Waals surface area contributed by atoms with Gasteiger partial charge in [0, 0.05) is 18.0 Å². The summed E-state index contributed by atoms with van der Waals surface area (Å²) in [6.45, 7) is 2.54. The average molecular weight is 211 g/mol. The van der Waals surface area contributed by atoms with E-state index in [1.807, 2.05) is 0 Å². The molecule has 0 bridgehead atoms. The van der Waals surface area contributed by atoms with Gasteiger partial charge in [-0.05, 0) is 36.5 Å². The van der Waals surface area contributed by atoms with Gasteiger partial charge < -0.3 is 5.73 Å². The fraction of sp³-hybridized carbons (Fsp3) is 0.500. The summed E-state index contributed by atoms with van der Waals surface area (Å²) < 4.78 is 26.2. The lowest BCUT2D eigenvalue weighted by molar-refractivity contribution is 0.145. The SMILES string of the molecule is CC1CCC1(CN)c1cc(F)cc(F)c1. The van der Waals surface area contributed by atoms with E-state index < -0.39 is 11.6 Å². The van der Waals surface area contributed by atoms with Crippen molar-refractivity contribution in [1.29, 1.82) is 0 Å². The maximum Gasteiger partial charge on any atom is 0.126 e. The predicted molar refractivity (Wildman–Crippen MR) is 55.5 cm³/mol. The van der Waals surface area contributed by atoms with Crippen LogP contribution in [0.2, 0.25) is 0 Å². The maximum atomic E-state index is 13.1. The Hall–Kier alpha value is -0.960. The lowest BCUT2D eigenvalue weighted by Gasteiger charge is -2.48. The molecule has 1 aliphatic carbocycles. The summed E-state index contributed by atoms with van der Waals surface area (Å²) in [7, 11) is 0. The van der Waals surface area contributed by atoms with Crippen molar-refractivity contribution in [2.24, 2.45) is 11.7 Å². The van der Waals surface area contributed by atoms with E-state index in [1.54, 1.807) is 0 Å². The molecule has 0 spiro atoms. The van der Waals surface area contributed by atoms with Crippen LogP contribution in [0.15, 0.2) is 18.2 Å². The smallest absolute Gasteiger partial charge is 0.126 e. The molecule has 2 atom stereocenters. The minimum Gasteiger partial charge on any atom is -0.330 e. The van der Waals surface area contributed by atoms with Crippen LogP contribution in [0.4, 0.5) is 8.78 Å². The van der Waals surface area contributed by atoms with Gasteiger partial charge in [-0.15, -0.1) is 0 Å². The molecule has 0 amide bonds. The summed E-state index contributed by atoms with van der Waals surface area (Å²) in [6, 6.07) is 3.72. The zero-order valence-corrected chi connectivity index (χ0v) is 8.76. The van der Waals surface area contributed by atoms with Crippen molar-refractivity contribution in [3.05, 3.63) is 35.4 Å². The molecule has 2 N–H and O–H groups in total. The van der Waals surface area contributed by atoms with Crippen molar-refractivity contribution < 1.29 is 8.78 Å². The van der Waals surface area contributed by atoms with Crippen LogP contribution in [-0.4, -0.2) is 6.54 Å². The zero-order valence-electron chi connectivity index (χ0n) is 8.76. The summed E-state index contributed by atoms with van der Waals surface area (Å²) in [4.78, 5) is 0. The Balaban J connectivity index is 2.43. The standard InChI is InChI=1S/C12H15F2N/c1-8-2-3-12(8,7-15)9-4-10(13)6-11(14)5-9/h4-6,8H,2-3,7,15H2,1H3. The van der Waals surface area contributed by atoms with E-state index in [4.69, 9.17) is 5.73 Å². The molecule has 1 saturated carbocycles. The van der Waals surface area contributed by atoms with Gasteiger partial charge in [0.2, 0.25) is 0 Å². The highest BCUT2D eigenvalue weighted by atomic mass is 19.1. The fourth-order valence-electron chi connectivity index (χ4n) is 2.47. The van der Waals surface area contributed by atoms with E-state index in [9.17, 15) is 8.78 Å². The Morgan fingerprint density at radius 2 is 1.93 bits per heavy atom. The van der Waals surface area contributed by atoms with Crippen LogP contribution in [0.25, 0.3) is 0 Å². The van der Waals surface area contributed by atoms with E-state index in [-0.39, 0.29) is 5.41 Å². The van der Waals surface area contributed by atoms with Crippen LogP contribution in [-0.2, 0) is 5.41 Å². The minimum absolute atomic E-state index is 0.205. The Bertz CT molecular complexity index is 354. The second-order valence-electron chi connectivity index (χ2n) is 4.46. The number of halogens is 2. The predicted octanol–water partition coefficient (Wildman–Crippen LogP) is 2.59. The molecule has 1 aromatic carbocycles. The Kier molecular flexibility index (Phi) is 2.51. The van der Waals surface area contributed by atoms with Gasteiger partial charge in [0.1, 0.15) is 11.6 Å². The number of rotatable bonds is 2. The van der Waals surface area contributed by atoms with Gasteiger partial charge in [0.05, 0.1) is 0 Å². The zero-order chi connectivity index (χ0) is 11.1. The monoisotopic (exact) mass is 211 g/mol. The van der Waals surface area contributed by atoms with Gasteiger partial charge in [0.15, 0.2) is 0 Å². The molecule has 0 radical (unpaired) electrons. The van der Waals surface area contributed by atoms with Crippen molar-refractivity contribution in [2.45, 2.75) is 25.2 Å². The van der Waals surface area contributed by atoms with Crippen LogP contribution in [0, 0.1) is 17.6 Å². The summed E-state index contributed by atoms with van der Waals surface area (Å²) in [5.41, 5.74) is 6.25. The highest BCUT2D eigenvalue weighted by Gasteiger charge is 2.44. The lowest BCUT2D eigenvalue weighted by Crippen LogP contribution is -2.48. The topological polar surface area (TPSA) is 26.0 Å². The van der Waals surface area contributed by atoms with Crippen LogP contribution in [0.3, 0.4) is 0 Å². The van der Waals surface area contributed by atoms with Crippen molar-refractivity contribution in [1.82, 2.24) is 0 Å². The summed E-state index contributed by atoms with van der Waals surface area (Å²) >= 11 is 0. The van der Waals surface area contributed by atoms with Gasteiger partial charge in [0.25, 0.3) is 0 Å². The van der Waals surface area contributed by atoms with Crippen molar-refractivity contribution in [2.75, 3.05) is 6.54 Å². The molecule has 3 heteroatoms. The third-order valence-electron chi connectivity index (χ3n) is 3.77. The molecule has 0 heterocycles. The van der Waals surface area contributed by atoms with Crippen LogP contribution in [0.1, 0.15) is 25.3 Å². The van der Waals surface area contributed by atoms with E-state index in [1.165, 1.54) is 12.1 Å². The van der Waals surface area contributed by atoms with E-state index in [0.29, 0.717) is 18.0 Å². The number of benzene rings is 1. The van der Waals surface area contributed by atoms with Crippen LogP contribution >= 0.6 is 0 Å². The Morgan fingerprint density at radius 1 is 1.33 bits per heavy atom. The van der Waals surface area contributed by atoms with Crippen molar-refractivity contribution in [3.8, 4) is 0 Å². The molecule has 1 nitrogen and oxygen atoms in total. The molecule has 2 rings (SSSR count). The average Bonchev–Trinajstić information content (AvgIpc) is 2.16. The summed E-state index contributed by atoms with van der Waals surface area (Å²) in [6.07, 6.45) is 2.00. The van der Waals surface area contributed by atoms with Crippen molar-refractivity contribution >= 4 is 0 Å². The quantitative estimate of drug-likeness (QED) is 0.799. The van der Waals surface area contributed by atoms with E-state index in [0.717, 1.165) is 18.9 Å². The summed E-state index contributed by atoms with van der Waals surface area (Å²) in [5.74, 6) is -0.627. The van der Waals surface area contributed by atoms with E-state index in [2.05, 4.69) is 6.92 Å². The number of nitrogens with two attached hydrogens (primary N) is 1. The molecule has 1 aliphatic rings. The van der Waals surface area contributed by atoms with E-state index >= 15 is 0 Å². The molecule has 0 aromatic heterocycles. The third kappa shape index (κ3) is 1.55. The largest absolute Gasteiger partial charge is 0.330 e. The second kappa shape index (κ2) is 3.56. The Morgan fingerprint density at radius 3 is 2.27 bits per heavy atom. The number of hydrogen-bond donors (Lipinski definition) is 1. The number of hydrogen-bond acceptors (Lipinski definition) is 1. The molecular weight excluding hydrogens is 196 g/mol. The molecule has 2 unspecified atom stereocenters. The normalized spacial score (nSPS) is 30.0. The van der Waals surface area contributed by atoms with Gasteiger partial charge in [-0.1, -0.05) is 6.92 Å². The Labute approximate surface area is 88.3 Å². The molecular formula is C12H15F2N. The van der Waals surface area contributed by atoms with Crippen molar-refractivity contribution in [3.63, 3.8) is 0 Å². The van der Waals surface area contributed by atoms with Crippen LogP contribution < -0.4 is 5.73 Å². The van der Waals surface area contributed by atoms with Gasteiger partial charge in [-0.2, -0.15) is 0 Å². The highest BCUT2D eigenvalue weighted by Crippen LogP contribution is 2.48. The first-order chi connectivity index (χ1) is 7.08. The minimum atomic E-state index is -0.517. The fourth-order valence-corrected chi connectivity index (χ4v) is 2.47. The molecule has 0 saturated heterocycles. The van der Waals surface area contributed by atoms with Gasteiger partial charge in [-0.3, -0.25) is 0 Å². The molecule has 0 aliphatic heterocycles. The van der Waals surface area contributed by atoms with Gasteiger partial charge >= 0.3 is 0 Å². The molecule has 15 heavy (non-hydrogen) atoms. The first kappa shape index (κ1) is 10.6. The highest BCUT2D eigenvalue weighted by molar-refractivity contribution is 5.31. The van der Waals surface area contributed by atoms with Crippen LogP contribution in [0.5, 0.6) is 0 Å². The third-order valence-corrected chi connectivity index (χ3v) is 3.77. The molecule has 1 fully saturated rings. The first-order valence-electron chi connectivity index (χ1n) is 5.25. The first-order valence-corrected chi connectivity index (χ1v) is 5.25. The lowest BCUT2D eigenvalue weighted by atomic mass is 9.57.